The summed E-state index contributed by atoms with van der Waals surface area (Å²) >= 11 is 0. The second-order valence-corrected chi connectivity index (χ2v) is 4.38. The van der Waals surface area contributed by atoms with E-state index >= 15 is 0 Å². The first-order chi connectivity index (χ1) is 10.3. The van der Waals surface area contributed by atoms with Gasteiger partial charge in [0.2, 0.25) is 0 Å². The second-order valence-electron chi connectivity index (χ2n) is 4.38. The van der Waals surface area contributed by atoms with Crippen molar-refractivity contribution in [2.45, 2.75) is 6.61 Å². The third-order valence-corrected chi connectivity index (χ3v) is 2.67. The molecule has 1 aromatic rings. The van der Waals surface area contributed by atoms with Crippen LogP contribution in [-0.4, -0.2) is 53.9 Å². The minimum atomic E-state index is 0.481. The SMILES string of the molecule is COCCOCCOCCOCc1cc(N)cc(OC)c1. The minimum absolute atomic E-state index is 0.481. The molecule has 0 heterocycles. The van der Waals surface area contributed by atoms with Crippen LogP contribution >= 0.6 is 0 Å². The van der Waals surface area contributed by atoms with E-state index in [0.717, 1.165) is 11.3 Å². The fourth-order valence-electron chi connectivity index (χ4n) is 1.66. The molecular formula is C15H25NO5. The quantitative estimate of drug-likeness (QED) is 0.465. The van der Waals surface area contributed by atoms with Crippen LogP contribution in [-0.2, 0) is 25.6 Å². The number of benzene rings is 1. The molecule has 0 saturated carbocycles. The molecule has 0 spiro atoms. The van der Waals surface area contributed by atoms with Crippen molar-refractivity contribution in [1.29, 1.82) is 0 Å². The van der Waals surface area contributed by atoms with Gasteiger partial charge in [-0.05, 0) is 17.7 Å². The van der Waals surface area contributed by atoms with Crippen molar-refractivity contribution >= 4 is 5.69 Å². The van der Waals surface area contributed by atoms with Crippen LogP contribution in [0.1, 0.15) is 5.56 Å². The summed E-state index contributed by atoms with van der Waals surface area (Å²) in [4.78, 5) is 0. The fraction of sp³-hybridized carbons (Fsp3) is 0.600. The van der Waals surface area contributed by atoms with E-state index in [1.54, 1.807) is 20.3 Å². The molecule has 1 rings (SSSR count). The van der Waals surface area contributed by atoms with Gasteiger partial charge in [-0.25, -0.2) is 0 Å². The Morgan fingerprint density at radius 1 is 0.810 bits per heavy atom. The molecule has 0 fully saturated rings. The Hall–Kier alpha value is -1.34. The van der Waals surface area contributed by atoms with Gasteiger partial charge in [-0.3, -0.25) is 0 Å². The number of nitrogens with two attached hydrogens (primary N) is 1. The normalized spacial score (nSPS) is 10.8. The standard InChI is InChI=1S/C15H25NO5/c1-17-3-4-19-5-6-20-7-8-21-12-13-9-14(16)11-15(10-13)18-2/h9-11H,3-8,12,16H2,1-2H3. The van der Waals surface area contributed by atoms with Gasteiger partial charge in [-0.1, -0.05) is 0 Å². The molecular weight excluding hydrogens is 274 g/mol. The van der Waals surface area contributed by atoms with E-state index in [9.17, 15) is 0 Å². The summed E-state index contributed by atoms with van der Waals surface area (Å²) in [6.07, 6.45) is 0. The zero-order chi connectivity index (χ0) is 15.3. The maximum Gasteiger partial charge on any atom is 0.121 e. The molecule has 0 radical (unpaired) electrons. The van der Waals surface area contributed by atoms with Gasteiger partial charge in [-0.2, -0.15) is 0 Å². The first-order valence-corrected chi connectivity index (χ1v) is 6.92. The third kappa shape index (κ3) is 8.52. The topological polar surface area (TPSA) is 72.2 Å². The summed E-state index contributed by atoms with van der Waals surface area (Å²) in [6, 6.07) is 5.55. The van der Waals surface area contributed by atoms with Gasteiger partial charge < -0.3 is 29.4 Å². The highest BCUT2D eigenvalue weighted by Gasteiger charge is 2.00. The molecule has 2 N–H and O–H groups in total. The molecule has 0 unspecified atom stereocenters. The van der Waals surface area contributed by atoms with Crippen molar-refractivity contribution in [3.05, 3.63) is 23.8 Å². The molecule has 6 heteroatoms. The van der Waals surface area contributed by atoms with E-state index in [-0.39, 0.29) is 0 Å². The van der Waals surface area contributed by atoms with Gasteiger partial charge in [0.25, 0.3) is 0 Å². The number of nitrogen functional groups attached to an aromatic ring is 1. The van der Waals surface area contributed by atoms with Crippen molar-refractivity contribution in [3.63, 3.8) is 0 Å². The summed E-state index contributed by atoms with van der Waals surface area (Å²) in [5, 5.41) is 0. The molecule has 21 heavy (non-hydrogen) atoms. The highest BCUT2D eigenvalue weighted by molar-refractivity contribution is 5.47. The molecule has 6 nitrogen and oxygen atoms in total. The lowest BCUT2D eigenvalue weighted by Gasteiger charge is -2.08. The molecule has 0 atom stereocenters. The molecule has 0 bridgehead atoms. The van der Waals surface area contributed by atoms with Gasteiger partial charge in [0.15, 0.2) is 0 Å². The van der Waals surface area contributed by atoms with Gasteiger partial charge in [-0.15, -0.1) is 0 Å². The molecule has 0 amide bonds. The average Bonchev–Trinajstić information content (AvgIpc) is 2.48. The van der Waals surface area contributed by atoms with Gasteiger partial charge >= 0.3 is 0 Å². The van der Waals surface area contributed by atoms with Gasteiger partial charge in [0, 0.05) is 18.9 Å². The molecule has 0 aliphatic heterocycles. The number of hydrogen-bond donors (Lipinski definition) is 1. The summed E-state index contributed by atoms with van der Waals surface area (Å²) in [6.45, 7) is 3.85. The van der Waals surface area contributed by atoms with Crippen molar-refractivity contribution in [1.82, 2.24) is 0 Å². The number of hydrogen-bond acceptors (Lipinski definition) is 6. The Bertz CT molecular complexity index is 386. The van der Waals surface area contributed by atoms with Crippen molar-refractivity contribution < 1.29 is 23.7 Å². The van der Waals surface area contributed by atoms with Crippen LogP contribution in [0.3, 0.4) is 0 Å². The maximum absolute atomic E-state index is 5.77. The maximum atomic E-state index is 5.77. The largest absolute Gasteiger partial charge is 0.497 e. The van der Waals surface area contributed by atoms with Gasteiger partial charge in [0.1, 0.15) is 5.75 Å². The van der Waals surface area contributed by atoms with Crippen molar-refractivity contribution in [3.8, 4) is 5.75 Å². The molecule has 0 aliphatic rings. The van der Waals surface area contributed by atoms with Crippen LogP contribution in [0, 0.1) is 0 Å². The first kappa shape index (κ1) is 17.7. The van der Waals surface area contributed by atoms with Crippen LogP contribution < -0.4 is 10.5 Å². The molecule has 0 saturated heterocycles. The van der Waals surface area contributed by atoms with Crippen molar-refractivity contribution in [2.75, 3.05) is 59.6 Å². The van der Waals surface area contributed by atoms with Crippen LogP contribution in [0.4, 0.5) is 5.69 Å². The van der Waals surface area contributed by atoms with E-state index < -0.39 is 0 Å². The summed E-state index contributed by atoms with van der Waals surface area (Å²) < 4.78 is 26.2. The monoisotopic (exact) mass is 299 g/mol. The Kier molecular flexibility index (Phi) is 9.56. The van der Waals surface area contributed by atoms with Crippen LogP contribution in [0.2, 0.25) is 0 Å². The second kappa shape index (κ2) is 11.3. The van der Waals surface area contributed by atoms with Crippen LogP contribution in [0.5, 0.6) is 5.75 Å². The number of anilines is 1. The molecule has 0 aliphatic carbocycles. The lowest BCUT2D eigenvalue weighted by Crippen LogP contribution is -2.11. The average molecular weight is 299 g/mol. The predicted molar refractivity (Wildman–Crippen MR) is 80.6 cm³/mol. The zero-order valence-corrected chi connectivity index (χ0v) is 12.8. The number of ether oxygens (including phenoxy) is 5. The van der Waals surface area contributed by atoms with Gasteiger partial charge in [0.05, 0.1) is 53.4 Å². The van der Waals surface area contributed by atoms with Crippen molar-refractivity contribution in [2.24, 2.45) is 0 Å². The summed E-state index contributed by atoms with van der Waals surface area (Å²) in [5.74, 6) is 0.734. The molecule has 1 aromatic carbocycles. The Balaban J connectivity index is 2.03. The Morgan fingerprint density at radius 2 is 1.43 bits per heavy atom. The third-order valence-electron chi connectivity index (χ3n) is 2.67. The Labute approximate surface area is 126 Å². The first-order valence-electron chi connectivity index (χ1n) is 6.92. The predicted octanol–water partition coefficient (Wildman–Crippen LogP) is 1.47. The number of methoxy groups -OCH3 is 2. The lowest BCUT2D eigenvalue weighted by molar-refractivity contribution is 0.000859. The van der Waals surface area contributed by atoms with Crippen LogP contribution in [0.25, 0.3) is 0 Å². The molecule has 120 valence electrons. The smallest absolute Gasteiger partial charge is 0.121 e. The van der Waals surface area contributed by atoms with E-state index in [2.05, 4.69) is 0 Å². The highest BCUT2D eigenvalue weighted by atomic mass is 16.6. The lowest BCUT2D eigenvalue weighted by atomic mass is 10.2. The van der Waals surface area contributed by atoms with E-state index in [1.165, 1.54) is 0 Å². The van der Waals surface area contributed by atoms with Crippen LogP contribution in [0.15, 0.2) is 18.2 Å². The number of rotatable bonds is 12. The fourth-order valence-corrected chi connectivity index (χ4v) is 1.66. The van der Waals surface area contributed by atoms with E-state index in [1.807, 2.05) is 12.1 Å². The summed E-state index contributed by atoms with van der Waals surface area (Å²) in [7, 11) is 3.26. The van der Waals surface area contributed by atoms with E-state index in [0.29, 0.717) is 51.9 Å². The van der Waals surface area contributed by atoms with E-state index in [4.69, 9.17) is 29.4 Å². The Morgan fingerprint density at radius 3 is 2.05 bits per heavy atom. The minimum Gasteiger partial charge on any atom is -0.497 e. The molecule has 0 aromatic heterocycles. The summed E-state index contributed by atoms with van der Waals surface area (Å²) in [5.41, 5.74) is 7.42. The zero-order valence-electron chi connectivity index (χ0n) is 12.8. The highest BCUT2D eigenvalue weighted by Crippen LogP contribution is 2.18.